The molecule has 0 unspecified atom stereocenters. The highest BCUT2D eigenvalue weighted by Crippen LogP contribution is 2.27. The summed E-state index contributed by atoms with van der Waals surface area (Å²) in [5.74, 6) is 0.0959. The van der Waals surface area contributed by atoms with Gasteiger partial charge in [0.1, 0.15) is 17.3 Å². The zero-order valence-electron chi connectivity index (χ0n) is 24.6. The van der Waals surface area contributed by atoms with Gasteiger partial charge in [-0.15, -0.1) is 0 Å². The van der Waals surface area contributed by atoms with Crippen molar-refractivity contribution in [2.75, 3.05) is 0 Å². The molecule has 0 heterocycles. The Labute approximate surface area is 241 Å². The summed E-state index contributed by atoms with van der Waals surface area (Å²) in [6, 6.07) is 0. The van der Waals surface area contributed by atoms with E-state index in [1.54, 1.807) is 39.8 Å². The number of ether oxygens (including phenoxy) is 1. The molecule has 0 amide bonds. The monoisotopic (exact) mass is 586 g/mol. The summed E-state index contributed by atoms with van der Waals surface area (Å²) in [5.41, 5.74) is 0.590. The fourth-order valence-electron chi connectivity index (χ4n) is 2.74. The Balaban J connectivity index is 5.76. The summed E-state index contributed by atoms with van der Waals surface area (Å²) in [6.07, 6.45) is 17.0. The third-order valence-corrected chi connectivity index (χ3v) is 9.19. The second kappa shape index (κ2) is 15.8. The van der Waals surface area contributed by atoms with E-state index in [4.69, 9.17) is 4.74 Å². The van der Waals surface area contributed by atoms with Crippen LogP contribution in [0.5, 0.6) is 0 Å². The van der Waals surface area contributed by atoms with Gasteiger partial charge < -0.3 is 9.84 Å². The predicted octanol–water partition coefficient (Wildman–Crippen LogP) is 8.37. The third-order valence-electron chi connectivity index (χ3n) is 5.38. The first-order valence-corrected chi connectivity index (χ1v) is 15.4. The van der Waals surface area contributed by atoms with Crippen LogP contribution >= 0.6 is 0 Å². The van der Waals surface area contributed by atoms with Gasteiger partial charge in [-0.05, 0) is 87.3 Å². The highest BCUT2D eigenvalue weighted by atomic mass is 32.2. The topological polar surface area (TPSA) is 97.7 Å². The first-order valence-electron chi connectivity index (χ1n) is 12.4. The molecular weight excluding hydrogens is 544 g/mol. The Bertz CT molecular complexity index is 1460. The Morgan fingerprint density at radius 1 is 0.625 bits per heavy atom. The van der Waals surface area contributed by atoms with Crippen molar-refractivity contribution < 1.29 is 26.7 Å². The van der Waals surface area contributed by atoms with E-state index in [0.717, 1.165) is 11.6 Å². The Hall–Kier alpha value is -3.62. The van der Waals surface area contributed by atoms with Crippen molar-refractivity contribution in [1.82, 2.24) is 0 Å². The average molecular weight is 587 g/mol. The molecule has 0 aliphatic carbocycles. The summed E-state index contributed by atoms with van der Waals surface area (Å²) >= 11 is 0. The number of hydrogen-bond acceptors (Lipinski definition) is 6. The van der Waals surface area contributed by atoms with Crippen molar-refractivity contribution >= 4 is 19.7 Å². The number of hydrogen-bond donors (Lipinski definition) is 1. The van der Waals surface area contributed by atoms with Gasteiger partial charge in [0.2, 0.25) is 19.7 Å². The summed E-state index contributed by atoms with van der Waals surface area (Å²) in [5, 5.41) is 9.22. The second-order valence-corrected chi connectivity index (χ2v) is 13.4. The van der Waals surface area contributed by atoms with Crippen molar-refractivity contribution in [2.45, 2.75) is 48.5 Å². The molecule has 0 aromatic carbocycles. The molecule has 0 fully saturated rings. The van der Waals surface area contributed by atoms with E-state index in [9.17, 15) is 21.9 Å². The Morgan fingerprint density at radius 3 is 1.50 bits per heavy atom. The van der Waals surface area contributed by atoms with E-state index >= 15 is 0 Å². The molecule has 0 rings (SSSR count). The normalized spacial score (nSPS) is 15.0. The summed E-state index contributed by atoms with van der Waals surface area (Å²) in [6.45, 7) is 27.2. The Kier molecular flexibility index (Phi) is 14.4. The van der Waals surface area contributed by atoms with Crippen LogP contribution in [0.1, 0.15) is 48.5 Å². The predicted molar refractivity (Wildman–Crippen MR) is 169 cm³/mol. The maximum atomic E-state index is 13.2. The van der Waals surface area contributed by atoms with Crippen LogP contribution < -0.4 is 0 Å². The number of allylic oxidation sites excluding steroid dienone is 13. The summed E-state index contributed by atoms with van der Waals surface area (Å²) in [4.78, 5) is -0.101. The molecule has 0 aliphatic heterocycles. The molecule has 1 N–H and O–H groups in total. The van der Waals surface area contributed by atoms with Crippen LogP contribution in [0.3, 0.4) is 0 Å². The molecule has 40 heavy (non-hydrogen) atoms. The molecule has 6 nitrogen and oxygen atoms in total. The number of rotatable bonds is 14. The molecular formula is C32H42O6S2. The van der Waals surface area contributed by atoms with Crippen molar-refractivity contribution in [1.29, 1.82) is 0 Å². The van der Waals surface area contributed by atoms with Gasteiger partial charge in [0, 0.05) is 0 Å². The molecule has 8 heteroatoms. The lowest BCUT2D eigenvalue weighted by atomic mass is 9.87. The quantitative estimate of drug-likeness (QED) is 0.162. The lowest BCUT2D eigenvalue weighted by Gasteiger charge is -2.18. The van der Waals surface area contributed by atoms with Crippen LogP contribution in [-0.2, 0) is 24.4 Å². The van der Waals surface area contributed by atoms with Crippen LogP contribution in [0.4, 0.5) is 0 Å². The first kappa shape index (κ1) is 36.4. The highest BCUT2D eigenvalue weighted by molar-refractivity contribution is 7.99. The van der Waals surface area contributed by atoms with E-state index in [1.807, 2.05) is 20.8 Å². The van der Waals surface area contributed by atoms with Gasteiger partial charge >= 0.3 is 0 Å². The van der Waals surface area contributed by atoms with Gasteiger partial charge in [0.15, 0.2) is 0 Å². The van der Waals surface area contributed by atoms with Gasteiger partial charge in [-0.2, -0.15) is 0 Å². The highest BCUT2D eigenvalue weighted by Gasteiger charge is 2.20. The molecule has 0 bridgehead atoms. The average Bonchev–Trinajstić information content (AvgIpc) is 2.85. The minimum Gasteiger partial charge on any atom is -0.509 e. The van der Waals surface area contributed by atoms with E-state index in [2.05, 4.69) is 26.3 Å². The summed E-state index contributed by atoms with van der Waals surface area (Å²) < 4.78 is 57.6. The lowest BCUT2D eigenvalue weighted by Crippen LogP contribution is -2.07. The molecule has 0 radical (unpaired) electrons. The van der Waals surface area contributed by atoms with Gasteiger partial charge in [-0.25, -0.2) is 16.8 Å². The van der Waals surface area contributed by atoms with Crippen LogP contribution in [0.2, 0.25) is 0 Å². The van der Waals surface area contributed by atoms with E-state index in [1.165, 1.54) is 54.7 Å². The maximum Gasteiger partial charge on any atom is 0.205 e. The van der Waals surface area contributed by atoms with Crippen LogP contribution in [-0.4, -0.2) is 21.9 Å². The number of aliphatic hydroxyl groups excluding tert-OH is 1. The van der Waals surface area contributed by atoms with Crippen molar-refractivity contribution in [2.24, 2.45) is 5.41 Å². The van der Waals surface area contributed by atoms with Gasteiger partial charge in [0.05, 0.1) is 19.6 Å². The van der Waals surface area contributed by atoms with Crippen LogP contribution in [0.25, 0.3) is 0 Å². The fourth-order valence-corrected chi connectivity index (χ4v) is 5.23. The molecule has 0 aromatic rings. The van der Waals surface area contributed by atoms with Gasteiger partial charge in [-0.3, -0.25) is 0 Å². The molecule has 218 valence electrons. The molecule has 0 saturated heterocycles. The van der Waals surface area contributed by atoms with Gasteiger partial charge in [-0.1, -0.05) is 71.4 Å². The van der Waals surface area contributed by atoms with E-state index in [0.29, 0.717) is 0 Å². The molecule has 0 aromatic heterocycles. The molecule has 0 spiro atoms. The Morgan fingerprint density at radius 2 is 1.07 bits per heavy atom. The lowest BCUT2D eigenvalue weighted by molar-refractivity contribution is 0.337. The summed E-state index contributed by atoms with van der Waals surface area (Å²) in [7, 11) is -7.74. The van der Waals surface area contributed by atoms with Crippen molar-refractivity contribution in [3.05, 3.63) is 142 Å². The zero-order chi connectivity index (χ0) is 31.3. The second-order valence-electron chi connectivity index (χ2n) is 9.41. The molecule has 0 atom stereocenters. The van der Waals surface area contributed by atoms with Gasteiger partial charge in [0.25, 0.3) is 0 Å². The fraction of sp³-hybridized carbons (Fsp3) is 0.250. The van der Waals surface area contributed by atoms with Crippen molar-refractivity contribution in [3.8, 4) is 0 Å². The maximum absolute atomic E-state index is 13.2. The third kappa shape index (κ3) is 11.2. The number of aliphatic hydroxyl groups is 1. The number of sulfone groups is 2. The SMILES string of the molecule is C=C(O)/C=C\C(=C/C)S(=O)(=O)C(=C)/C=C\C(=C/C)OC(=C)/C=C\C(=C/C)S(=O)(=O)C(/C=C\C(=C)C(C)(C)C)=C/C. The molecule has 0 saturated carbocycles. The minimum absolute atomic E-state index is 0.0471. The smallest absolute Gasteiger partial charge is 0.205 e. The standard InChI is InChI=1S/C32H42O6S2/c1-12-28(20-19-27(8)39(34,35)29(13-2)22-17-25(6)33)38-26(7)18-23-31(15-4)40(36,37)30(14-3)21-16-24(5)32(9,10)11/h12-23,33H,5-8H2,1-4,9-11H3/b20-19-,21-16-,22-17-,23-18-,28-12+,29-13+,30-14+,31-15+. The van der Waals surface area contributed by atoms with Crippen LogP contribution in [0, 0.1) is 5.41 Å². The van der Waals surface area contributed by atoms with E-state index in [-0.39, 0.29) is 42.3 Å². The molecule has 0 aliphatic rings. The largest absolute Gasteiger partial charge is 0.509 e. The zero-order valence-corrected chi connectivity index (χ0v) is 26.2. The van der Waals surface area contributed by atoms with Crippen molar-refractivity contribution in [3.63, 3.8) is 0 Å². The first-order chi connectivity index (χ1) is 18.4. The van der Waals surface area contributed by atoms with E-state index < -0.39 is 19.7 Å². The van der Waals surface area contributed by atoms with Crippen LogP contribution in [0.15, 0.2) is 142 Å². The minimum atomic E-state index is -3.92.